The van der Waals surface area contributed by atoms with Crippen LogP contribution in [0.3, 0.4) is 0 Å². The van der Waals surface area contributed by atoms with Gasteiger partial charge in [0, 0.05) is 12.8 Å². The number of hydrogen-bond acceptors (Lipinski definition) is 5. The van der Waals surface area contributed by atoms with Crippen molar-refractivity contribution >= 4 is 30.4 Å². The average molecular weight is 611 g/mol. The number of allylic oxidation sites excluding steroid dienone is 1. The third-order valence-corrected chi connectivity index (χ3v) is 13.8. The Morgan fingerprint density at radius 2 is 1.52 bits per heavy atom. The Labute approximate surface area is 264 Å². The summed E-state index contributed by atoms with van der Waals surface area (Å²) in [6.45, 7) is 15.2. The number of esters is 1. The lowest BCUT2D eigenvalue weighted by Gasteiger charge is -2.48. The van der Waals surface area contributed by atoms with Crippen molar-refractivity contribution in [2.75, 3.05) is 20.3 Å². The van der Waals surface area contributed by atoms with Crippen LogP contribution in [0, 0.1) is 0 Å². The zero-order valence-corrected chi connectivity index (χ0v) is 28.0. The first kappa shape index (κ1) is 33.3. The number of methoxy groups -OCH3 is 1. The summed E-state index contributed by atoms with van der Waals surface area (Å²) in [4.78, 5) is 28.7. The summed E-state index contributed by atoms with van der Waals surface area (Å²) in [6.07, 6.45) is 2.44. The summed E-state index contributed by atoms with van der Waals surface area (Å²) >= 11 is 0. The molecule has 1 aliphatic rings. The second-order valence-corrected chi connectivity index (χ2v) is 17.0. The predicted molar refractivity (Wildman–Crippen MR) is 180 cm³/mol. The van der Waals surface area contributed by atoms with Crippen LogP contribution in [0.2, 0.25) is 5.04 Å². The highest BCUT2D eigenvalue weighted by Crippen LogP contribution is 2.46. The molecule has 0 unspecified atom stereocenters. The van der Waals surface area contributed by atoms with Crippen LogP contribution < -0.4 is 10.4 Å². The van der Waals surface area contributed by atoms with E-state index in [1.165, 1.54) is 7.11 Å². The number of carbonyl (C=O) groups excluding carboxylic acids is 2. The largest absolute Gasteiger partial charge is 0.468 e. The average Bonchev–Trinajstić information content (AvgIpc) is 3.02. The van der Waals surface area contributed by atoms with Gasteiger partial charge in [0.25, 0.3) is 8.32 Å². The quantitative estimate of drug-likeness (QED) is 0.0621. The maximum absolute atomic E-state index is 14.6. The van der Waals surface area contributed by atoms with Crippen LogP contribution >= 0.6 is 0 Å². The summed E-state index contributed by atoms with van der Waals surface area (Å²) in [5, 5.41) is 2.03. The van der Waals surface area contributed by atoms with E-state index in [1.807, 2.05) is 50.2 Å². The number of ketones is 1. The molecule has 0 aliphatic heterocycles. The van der Waals surface area contributed by atoms with Crippen molar-refractivity contribution < 1.29 is 23.5 Å². The lowest BCUT2D eigenvalue weighted by Crippen LogP contribution is -2.68. The van der Waals surface area contributed by atoms with Gasteiger partial charge in [-0.15, -0.1) is 6.58 Å². The SMILES string of the molecule is C=CCOCCc1ccccc1[C@]1(C(=O)OC)C[C@@H](O[Si](c2ccccc2)(c2ccccc2)C(C)(C)C)CC(=C(C)C)C1=O. The van der Waals surface area contributed by atoms with Gasteiger partial charge in [-0.25, -0.2) is 0 Å². The standard InChI is InChI=1S/C38H46O5Si/c1-8-24-42-25-23-29-17-15-16-22-34(29)38(36(40)41-7)27-30(26-33(28(2)3)35(38)39)43-44(37(4,5)6,31-18-11-9-12-19-31)32-20-13-10-14-21-32/h8-22,30H,1,23-27H2,2-7H3/t30-,38+/m0/s1. The molecule has 3 aromatic rings. The molecule has 2 atom stereocenters. The van der Waals surface area contributed by atoms with Crippen molar-refractivity contribution in [3.63, 3.8) is 0 Å². The smallest absolute Gasteiger partial charge is 0.324 e. The fourth-order valence-corrected chi connectivity index (χ4v) is 11.4. The highest BCUT2D eigenvalue weighted by atomic mass is 28.4. The number of ether oxygens (including phenoxy) is 2. The number of hydrogen-bond donors (Lipinski definition) is 0. The number of carbonyl (C=O) groups is 2. The van der Waals surface area contributed by atoms with Crippen LogP contribution in [0.4, 0.5) is 0 Å². The second-order valence-electron chi connectivity index (χ2n) is 12.8. The minimum absolute atomic E-state index is 0.185. The molecule has 3 aromatic carbocycles. The zero-order valence-electron chi connectivity index (χ0n) is 27.0. The van der Waals surface area contributed by atoms with Gasteiger partial charge in [-0.2, -0.15) is 0 Å². The summed E-state index contributed by atoms with van der Waals surface area (Å²) < 4.78 is 18.8. The van der Waals surface area contributed by atoms with Gasteiger partial charge in [0.05, 0.1) is 26.4 Å². The van der Waals surface area contributed by atoms with E-state index >= 15 is 0 Å². The monoisotopic (exact) mass is 610 g/mol. The van der Waals surface area contributed by atoms with Gasteiger partial charge in [0.1, 0.15) is 0 Å². The van der Waals surface area contributed by atoms with E-state index in [9.17, 15) is 9.59 Å². The van der Waals surface area contributed by atoms with E-state index < -0.39 is 25.8 Å². The van der Waals surface area contributed by atoms with Gasteiger partial charge >= 0.3 is 5.97 Å². The van der Waals surface area contributed by atoms with E-state index in [-0.39, 0.29) is 17.2 Å². The van der Waals surface area contributed by atoms with Crippen LogP contribution in [0.25, 0.3) is 0 Å². The van der Waals surface area contributed by atoms with Crippen LogP contribution in [0.15, 0.2) is 109 Å². The second kappa shape index (κ2) is 14.0. The van der Waals surface area contributed by atoms with Crippen molar-refractivity contribution in [3.05, 3.63) is 120 Å². The van der Waals surface area contributed by atoms with E-state index in [1.54, 1.807) is 6.08 Å². The van der Waals surface area contributed by atoms with Gasteiger partial charge in [-0.3, -0.25) is 9.59 Å². The minimum atomic E-state index is -2.99. The Bertz CT molecular complexity index is 1440. The van der Waals surface area contributed by atoms with Crippen LogP contribution in [-0.4, -0.2) is 46.5 Å². The van der Waals surface area contributed by atoms with Crippen molar-refractivity contribution in [2.24, 2.45) is 0 Å². The van der Waals surface area contributed by atoms with Crippen molar-refractivity contribution in [3.8, 4) is 0 Å². The molecular weight excluding hydrogens is 564 g/mol. The molecule has 5 nitrogen and oxygen atoms in total. The third-order valence-electron chi connectivity index (χ3n) is 8.75. The van der Waals surface area contributed by atoms with Crippen molar-refractivity contribution in [1.29, 1.82) is 0 Å². The number of benzene rings is 3. The first-order valence-corrected chi connectivity index (χ1v) is 17.3. The lowest BCUT2D eigenvalue weighted by atomic mass is 9.64. The minimum Gasteiger partial charge on any atom is -0.468 e. The van der Waals surface area contributed by atoms with E-state index in [4.69, 9.17) is 13.9 Å². The van der Waals surface area contributed by atoms with Crippen molar-refractivity contribution in [1.82, 2.24) is 0 Å². The van der Waals surface area contributed by atoms with Crippen LogP contribution in [0.1, 0.15) is 58.6 Å². The summed E-state index contributed by atoms with van der Waals surface area (Å²) in [5.41, 5.74) is 1.50. The molecule has 0 saturated heterocycles. The predicted octanol–water partition coefficient (Wildman–Crippen LogP) is 6.49. The molecule has 1 saturated carbocycles. The maximum atomic E-state index is 14.6. The molecule has 0 aromatic heterocycles. The molecule has 1 fully saturated rings. The van der Waals surface area contributed by atoms with E-state index in [0.717, 1.165) is 21.5 Å². The molecule has 4 rings (SSSR count). The fraction of sp³-hybridized carbons (Fsp3) is 0.368. The summed E-state index contributed by atoms with van der Waals surface area (Å²) in [5.74, 6) is -0.762. The fourth-order valence-electron chi connectivity index (χ4n) is 6.74. The van der Waals surface area contributed by atoms with Crippen LogP contribution in [0.5, 0.6) is 0 Å². The molecule has 44 heavy (non-hydrogen) atoms. The molecule has 0 bridgehead atoms. The first-order valence-electron chi connectivity index (χ1n) is 15.4. The molecule has 0 spiro atoms. The van der Waals surface area contributed by atoms with Gasteiger partial charge < -0.3 is 13.9 Å². The molecule has 1 aliphatic carbocycles. The Balaban J connectivity index is 1.93. The Hall–Kier alpha value is -3.58. The van der Waals surface area contributed by atoms with Crippen molar-refractivity contribution in [2.45, 2.75) is 70.4 Å². The number of rotatable bonds is 11. The third kappa shape index (κ3) is 6.30. The molecule has 6 heteroatoms. The number of Topliss-reactive ketones (excluding diaryl/α,β-unsaturated/α-hetero) is 1. The molecule has 0 amide bonds. The van der Waals surface area contributed by atoms with Crippen LogP contribution in [-0.2, 0) is 35.3 Å². The first-order chi connectivity index (χ1) is 21.0. The maximum Gasteiger partial charge on any atom is 0.324 e. The summed E-state index contributed by atoms with van der Waals surface area (Å²) in [6, 6.07) is 28.6. The highest BCUT2D eigenvalue weighted by molar-refractivity contribution is 6.99. The highest BCUT2D eigenvalue weighted by Gasteiger charge is 2.58. The van der Waals surface area contributed by atoms with Gasteiger partial charge in [0.2, 0.25) is 0 Å². The Morgan fingerprint density at radius 3 is 2.05 bits per heavy atom. The molecule has 0 N–H and O–H groups in total. The summed E-state index contributed by atoms with van der Waals surface area (Å²) in [7, 11) is -1.63. The molecule has 0 radical (unpaired) electrons. The Morgan fingerprint density at radius 1 is 0.955 bits per heavy atom. The van der Waals surface area contributed by atoms with E-state index in [2.05, 4.69) is 75.9 Å². The van der Waals surface area contributed by atoms with Gasteiger partial charge in [0.15, 0.2) is 11.2 Å². The van der Waals surface area contributed by atoms with E-state index in [0.29, 0.717) is 37.2 Å². The zero-order chi connectivity index (χ0) is 32.0. The normalized spacial score (nSPS) is 19.0. The topological polar surface area (TPSA) is 61.8 Å². The molecule has 0 heterocycles. The molecule has 232 valence electrons. The van der Waals surface area contributed by atoms with Gasteiger partial charge in [-0.05, 0) is 52.4 Å². The Kier molecular flexibility index (Phi) is 10.6. The molecular formula is C38H46O5Si. The van der Waals surface area contributed by atoms with Gasteiger partial charge in [-0.1, -0.05) is 117 Å². The lowest BCUT2D eigenvalue weighted by molar-refractivity contribution is -0.153.